The van der Waals surface area contributed by atoms with Gasteiger partial charge in [0.15, 0.2) is 0 Å². The molecule has 0 aliphatic carbocycles. The number of rotatable bonds is 5. The molecule has 132 valence electrons. The van der Waals surface area contributed by atoms with Crippen molar-refractivity contribution >= 4 is 39.7 Å². The largest absolute Gasteiger partial charge is 0.296 e. The van der Waals surface area contributed by atoms with Crippen molar-refractivity contribution in [2.45, 2.75) is 13.3 Å². The third kappa shape index (κ3) is 4.04. The molecule has 1 N–H and O–H groups in total. The van der Waals surface area contributed by atoms with Crippen molar-refractivity contribution in [3.8, 4) is 0 Å². The van der Waals surface area contributed by atoms with Gasteiger partial charge >= 0.3 is 0 Å². The molecule has 1 amide bonds. The van der Waals surface area contributed by atoms with Gasteiger partial charge < -0.3 is 0 Å². The van der Waals surface area contributed by atoms with Crippen molar-refractivity contribution in [2.75, 3.05) is 5.32 Å². The molecule has 0 bridgehead atoms. The quantitative estimate of drug-likeness (QED) is 0.520. The van der Waals surface area contributed by atoms with E-state index in [0.717, 1.165) is 5.56 Å². The summed E-state index contributed by atoms with van der Waals surface area (Å²) >= 11 is 7.08. The average Bonchev–Trinajstić information content (AvgIpc) is 3.03. The molecule has 0 radical (unpaired) electrons. The van der Waals surface area contributed by atoms with Gasteiger partial charge in [-0.1, -0.05) is 47.2 Å². The number of anilines is 1. The summed E-state index contributed by atoms with van der Waals surface area (Å²) in [6.45, 7) is 1.59. The maximum absolute atomic E-state index is 12.4. The van der Waals surface area contributed by atoms with Crippen molar-refractivity contribution in [1.82, 2.24) is 10.2 Å². The molecule has 3 aromatic rings. The van der Waals surface area contributed by atoms with E-state index < -0.39 is 10.8 Å². The van der Waals surface area contributed by atoms with E-state index in [1.165, 1.54) is 17.4 Å². The zero-order valence-electron chi connectivity index (χ0n) is 13.6. The summed E-state index contributed by atoms with van der Waals surface area (Å²) in [5, 5.41) is 23.4. The van der Waals surface area contributed by atoms with E-state index in [2.05, 4.69) is 15.5 Å². The van der Waals surface area contributed by atoms with Gasteiger partial charge in [-0.05, 0) is 30.7 Å². The van der Waals surface area contributed by atoms with E-state index in [4.69, 9.17) is 11.6 Å². The van der Waals surface area contributed by atoms with Gasteiger partial charge in [-0.3, -0.25) is 20.2 Å². The van der Waals surface area contributed by atoms with Gasteiger partial charge in [-0.15, -0.1) is 10.2 Å². The van der Waals surface area contributed by atoms with Crippen molar-refractivity contribution in [3.63, 3.8) is 0 Å². The highest BCUT2D eigenvalue weighted by Crippen LogP contribution is 2.25. The van der Waals surface area contributed by atoms with Gasteiger partial charge in [0.2, 0.25) is 5.13 Å². The normalized spacial score (nSPS) is 10.5. The lowest BCUT2D eigenvalue weighted by atomic mass is 10.1. The Balaban J connectivity index is 1.75. The number of hydrogen-bond acceptors (Lipinski definition) is 6. The first-order chi connectivity index (χ1) is 12.4. The summed E-state index contributed by atoms with van der Waals surface area (Å²) in [4.78, 5) is 23.1. The van der Waals surface area contributed by atoms with E-state index >= 15 is 0 Å². The molecular weight excluding hydrogens is 376 g/mol. The minimum Gasteiger partial charge on any atom is -0.296 e. The number of nitro benzene ring substituents is 1. The first-order valence-electron chi connectivity index (χ1n) is 7.56. The summed E-state index contributed by atoms with van der Waals surface area (Å²) in [6, 6.07) is 12.0. The number of amides is 1. The second-order valence-electron chi connectivity index (χ2n) is 5.49. The van der Waals surface area contributed by atoms with Crippen LogP contribution in [0, 0.1) is 17.0 Å². The molecule has 0 atom stereocenters. The van der Waals surface area contributed by atoms with Crippen molar-refractivity contribution in [1.29, 1.82) is 0 Å². The SMILES string of the molecule is Cc1cccc(C(=O)Nc2nnc(Cc3ccc(Cl)cc3)s2)c1[N+](=O)[O-]. The highest BCUT2D eigenvalue weighted by atomic mass is 35.5. The van der Waals surface area contributed by atoms with Crippen LogP contribution < -0.4 is 5.32 Å². The fourth-order valence-electron chi connectivity index (χ4n) is 2.40. The van der Waals surface area contributed by atoms with Crippen LogP contribution >= 0.6 is 22.9 Å². The Morgan fingerprint density at radius 2 is 1.96 bits per heavy atom. The molecule has 0 aliphatic rings. The summed E-state index contributed by atoms with van der Waals surface area (Å²) in [7, 11) is 0. The van der Waals surface area contributed by atoms with Gasteiger partial charge in [-0.2, -0.15) is 0 Å². The standard InChI is InChI=1S/C17H13ClN4O3S/c1-10-3-2-4-13(15(10)22(24)25)16(23)19-17-21-20-14(26-17)9-11-5-7-12(18)8-6-11/h2-8H,9H2,1H3,(H,19,21,23). The van der Waals surface area contributed by atoms with Gasteiger partial charge in [0, 0.05) is 17.0 Å². The highest BCUT2D eigenvalue weighted by Gasteiger charge is 2.23. The van der Waals surface area contributed by atoms with Crippen LogP contribution in [0.5, 0.6) is 0 Å². The third-order valence-corrected chi connectivity index (χ3v) is 4.71. The topological polar surface area (TPSA) is 98.0 Å². The van der Waals surface area contributed by atoms with Crippen LogP contribution in [0.25, 0.3) is 0 Å². The van der Waals surface area contributed by atoms with Crippen LogP contribution in [0.4, 0.5) is 10.8 Å². The van der Waals surface area contributed by atoms with E-state index in [-0.39, 0.29) is 16.4 Å². The number of halogens is 1. The predicted molar refractivity (Wildman–Crippen MR) is 100.0 cm³/mol. The number of carbonyl (C=O) groups excluding carboxylic acids is 1. The Morgan fingerprint density at radius 3 is 2.65 bits per heavy atom. The molecule has 1 heterocycles. The molecule has 3 rings (SSSR count). The zero-order chi connectivity index (χ0) is 18.7. The molecule has 0 spiro atoms. The lowest BCUT2D eigenvalue weighted by Crippen LogP contribution is -2.14. The first kappa shape index (κ1) is 18.0. The number of nitro groups is 1. The molecule has 2 aromatic carbocycles. The number of carbonyl (C=O) groups is 1. The number of benzene rings is 2. The van der Waals surface area contributed by atoms with Crippen molar-refractivity contribution < 1.29 is 9.72 Å². The van der Waals surface area contributed by atoms with Crippen LogP contribution in [0.2, 0.25) is 5.02 Å². The number of hydrogen-bond donors (Lipinski definition) is 1. The van der Waals surface area contributed by atoms with Gasteiger partial charge in [0.1, 0.15) is 10.6 Å². The molecule has 1 aromatic heterocycles. The van der Waals surface area contributed by atoms with Crippen molar-refractivity contribution in [2.24, 2.45) is 0 Å². The molecule has 0 fully saturated rings. The van der Waals surface area contributed by atoms with E-state index in [1.54, 1.807) is 31.2 Å². The van der Waals surface area contributed by atoms with Gasteiger partial charge in [0.25, 0.3) is 11.6 Å². The van der Waals surface area contributed by atoms with E-state index in [0.29, 0.717) is 22.0 Å². The summed E-state index contributed by atoms with van der Waals surface area (Å²) in [5.41, 5.74) is 1.21. The molecule has 26 heavy (non-hydrogen) atoms. The first-order valence-corrected chi connectivity index (χ1v) is 8.75. The average molecular weight is 389 g/mol. The molecule has 0 saturated heterocycles. The Hall–Kier alpha value is -2.84. The van der Waals surface area contributed by atoms with Crippen LogP contribution in [0.3, 0.4) is 0 Å². The van der Waals surface area contributed by atoms with Gasteiger partial charge in [-0.25, -0.2) is 0 Å². The Bertz CT molecular complexity index is 972. The van der Waals surface area contributed by atoms with Crippen LogP contribution in [-0.2, 0) is 6.42 Å². The fraction of sp³-hybridized carbons (Fsp3) is 0.118. The second-order valence-corrected chi connectivity index (χ2v) is 6.99. The number of aromatic nitrogens is 2. The molecule has 0 aliphatic heterocycles. The minimum atomic E-state index is -0.588. The minimum absolute atomic E-state index is 0.00977. The number of nitrogens with one attached hydrogen (secondary N) is 1. The smallest absolute Gasteiger partial charge is 0.285 e. The predicted octanol–water partition coefficient (Wildman–Crippen LogP) is 4.25. The molecule has 7 nitrogen and oxygen atoms in total. The zero-order valence-corrected chi connectivity index (χ0v) is 15.2. The molecular formula is C17H13ClN4O3S. The summed E-state index contributed by atoms with van der Waals surface area (Å²) in [5.74, 6) is -0.588. The Morgan fingerprint density at radius 1 is 1.23 bits per heavy atom. The Labute approximate surface area is 157 Å². The van der Waals surface area contributed by atoms with Crippen molar-refractivity contribution in [3.05, 3.63) is 79.3 Å². The number of nitrogens with zero attached hydrogens (tertiary/aromatic N) is 3. The molecule has 9 heteroatoms. The lowest BCUT2D eigenvalue weighted by Gasteiger charge is -2.04. The van der Waals surface area contributed by atoms with Gasteiger partial charge in [0.05, 0.1) is 4.92 Å². The number of aryl methyl sites for hydroxylation is 1. The summed E-state index contributed by atoms with van der Waals surface area (Å²) < 4.78 is 0. The molecule has 0 saturated carbocycles. The monoisotopic (exact) mass is 388 g/mol. The van der Waals surface area contributed by atoms with E-state index in [9.17, 15) is 14.9 Å². The van der Waals surface area contributed by atoms with E-state index in [1.807, 2.05) is 12.1 Å². The maximum Gasteiger partial charge on any atom is 0.285 e. The lowest BCUT2D eigenvalue weighted by molar-refractivity contribution is -0.385. The molecule has 0 unspecified atom stereocenters. The second kappa shape index (κ2) is 7.59. The third-order valence-electron chi connectivity index (χ3n) is 3.62. The number of para-hydroxylation sites is 1. The van der Waals surface area contributed by atoms with Crippen LogP contribution in [-0.4, -0.2) is 21.0 Å². The Kier molecular flexibility index (Phi) is 5.24. The van der Waals surface area contributed by atoms with Crippen LogP contribution in [0.1, 0.15) is 26.5 Å². The fourth-order valence-corrected chi connectivity index (χ4v) is 3.30. The summed E-state index contributed by atoms with van der Waals surface area (Å²) in [6.07, 6.45) is 0.551. The highest BCUT2D eigenvalue weighted by molar-refractivity contribution is 7.15. The maximum atomic E-state index is 12.4. The van der Waals surface area contributed by atoms with Crippen LogP contribution in [0.15, 0.2) is 42.5 Å².